The van der Waals surface area contributed by atoms with E-state index in [1.54, 1.807) is 16.9 Å². The molecule has 150 valence electrons. The maximum absolute atomic E-state index is 12.0. The van der Waals surface area contributed by atoms with Crippen LogP contribution in [0, 0.1) is 6.92 Å². The molecule has 2 heterocycles. The SMILES string of the molecule is C=CC(=O)Nc1cccc(-c2ccc(C(N)=O)c3[nH]c(-c4ccnn4C)cc23)c1C. The number of carbonyl (C=O) groups is 2. The first kappa shape index (κ1) is 19.2. The Morgan fingerprint density at radius 3 is 2.67 bits per heavy atom. The number of nitrogens with two attached hydrogens (primary N) is 1. The predicted molar refractivity (Wildman–Crippen MR) is 118 cm³/mol. The number of anilines is 1. The summed E-state index contributed by atoms with van der Waals surface area (Å²) >= 11 is 0. The molecule has 2 aromatic carbocycles. The van der Waals surface area contributed by atoms with E-state index in [0.717, 1.165) is 33.5 Å². The zero-order chi connectivity index (χ0) is 21.4. The van der Waals surface area contributed by atoms with E-state index in [1.807, 2.05) is 50.4 Å². The Balaban J connectivity index is 1.95. The standard InChI is InChI=1S/C23H21N5O2/c1-4-21(29)26-18-7-5-6-14(13(18)2)15-8-9-16(23(24)30)22-17(15)12-19(27-22)20-10-11-25-28(20)3/h4-12,27H,1H2,2-3H3,(H2,24,30)(H,26,29). The number of primary amides is 1. The lowest BCUT2D eigenvalue weighted by Crippen LogP contribution is -2.11. The van der Waals surface area contributed by atoms with Crippen molar-refractivity contribution in [2.45, 2.75) is 6.92 Å². The number of benzene rings is 2. The van der Waals surface area contributed by atoms with Gasteiger partial charge in [0.05, 0.1) is 22.5 Å². The van der Waals surface area contributed by atoms with E-state index >= 15 is 0 Å². The molecule has 0 spiro atoms. The van der Waals surface area contributed by atoms with Crippen LogP contribution >= 0.6 is 0 Å². The summed E-state index contributed by atoms with van der Waals surface area (Å²) < 4.78 is 1.75. The van der Waals surface area contributed by atoms with Gasteiger partial charge >= 0.3 is 0 Å². The van der Waals surface area contributed by atoms with Gasteiger partial charge in [0.1, 0.15) is 0 Å². The second kappa shape index (κ2) is 7.36. The highest BCUT2D eigenvalue weighted by atomic mass is 16.1. The molecule has 0 aliphatic heterocycles. The maximum Gasteiger partial charge on any atom is 0.250 e. The second-order valence-corrected chi connectivity index (χ2v) is 7.01. The fourth-order valence-electron chi connectivity index (χ4n) is 3.68. The Hall–Kier alpha value is -4.13. The molecule has 4 aromatic rings. The largest absolute Gasteiger partial charge is 0.366 e. The van der Waals surface area contributed by atoms with E-state index in [2.05, 4.69) is 22.0 Å². The van der Waals surface area contributed by atoms with Gasteiger partial charge in [0.15, 0.2) is 0 Å². The molecule has 0 saturated heterocycles. The summed E-state index contributed by atoms with van der Waals surface area (Å²) in [4.78, 5) is 27.1. The van der Waals surface area contributed by atoms with Crippen LogP contribution in [0.5, 0.6) is 0 Å². The molecule has 2 amide bonds. The highest BCUT2D eigenvalue weighted by molar-refractivity contribution is 6.11. The molecule has 0 radical (unpaired) electrons. The van der Waals surface area contributed by atoms with E-state index in [-0.39, 0.29) is 5.91 Å². The van der Waals surface area contributed by atoms with Crippen molar-refractivity contribution in [1.29, 1.82) is 0 Å². The highest BCUT2D eigenvalue weighted by Crippen LogP contribution is 2.37. The summed E-state index contributed by atoms with van der Waals surface area (Å²) in [5.41, 5.74) is 11.9. The minimum absolute atomic E-state index is 0.274. The molecule has 0 aliphatic rings. The van der Waals surface area contributed by atoms with E-state index < -0.39 is 5.91 Å². The first-order valence-electron chi connectivity index (χ1n) is 9.38. The van der Waals surface area contributed by atoms with Crippen LogP contribution in [0.3, 0.4) is 0 Å². The summed E-state index contributed by atoms with van der Waals surface area (Å²) in [5.74, 6) is -0.779. The van der Waals surface area contributed by atoms with Crippen molar-refractivity contribution < 1.29 is 9.59 Å². The number of aromatic nitrogens is 3. The van der Waals surface area contributed by atoms with Crippen molar-refractivity contribution in [3.8, 4) is 22.5 Å². The third kappa shape index (κ3) is 3.16. The van der Waals surface area contributed by atoms with Crippen molar-refractivity contribution in [2.75, 3.05) is 5.32 Å². The number of amides is 2. The first-order chi connectivity index (χ1) is 14.4. The van der Waals surface area contributed by atoms with E-state index in [4.69, 9.17) is 5.73 Å². The van der Waals surface area contributed by atoms with Gasteiger partial charge in [-0.15, -0.1) is 0 Å². The number of fused-ring (bicyclic) bond motifs is 1. The van der Waals surface area contributed by atoms with E-state index in [9.17, 15) is 9.59 Å². The lowest BCUT2D eigenvalue weighted by atomic mass is 9.94. The zero-order valence-electron chi connectivity index (χ0n) is 16.7. The molecule has 0 fully saturated rings. The lowest BCUT2D eigenvalue weighted by Gasteiger charge is -2.13. The fourth-order valence-corrected chi connectivity index (χ4v) is 3.68. The maximum atomic E-state index is 12.0. The summed E-state index contributed by atoms with van der Waals surface area (Å²) in [6.07, 6.45) is 2.95. The summed E-state index contributed by atoms with van der Waals surface area (Å²) in [6, 6.07) is 13.2. The van der Waals surface area contributed by atoms with E-state index in [0.29, 0.717) is 16.8 Å². The minimum atomic E-state index is -0.506. The van der Waals surface area contributed by atoms with Gasteiger partial charge in [-0.3, -0.25) is 14.3 Å². The summed E-state index contributed by atoms with van der Waals surface area (Å²) in [6.45, 7) is 5.44. The molecule has 4 rings (SSSR count). The molecule has 30 heavy (non-hydrogen) atoms. The van der Waals surface area contributed by atoms with Crippen molar-refractivity contribution in [2.24, 2.45) is 12.8 Å². The van der Waals surface area contributed by atoms with Crippen molar-refractivity contribution >= 4 is 28.4 Å². The molecule has 4 N–H and O–H groups in total. The highest BCUT2D eigenvalue weighted by Gasteiger charge is 2.18. The van der Waals surface area contributed by atoms with Gasteiger partial charge in [0.2, 0.25) is 5.91 Å². The molecule has 0 aliphatic carbocycles. The molecule has 0 unspecified atom stereocenters. The average Bonchev–Trinajstić information content (AvgIpc) is 3.34. The van der Waals surface area contributed by atoms with Crippen LogP contribution in [0.15, 0.2) is 61.3 Å². The van der Waals surface area contributed by atoms with Crippen molar-refractivity contribution in [3.05, 3.63) is 72.4 Å². The van der Waals surface area contributed by atoms with Gasteiger partial charge in [-0.1, -0.05) is 24.8 Å². The molecule has 0 saturated carbocycles. The Kier molecular flexibility index (Phi) is 4.71. The quantitative estimate of drug-likeness (QED) is 0.445. The van der Waals surface area contributed by atoms with Crippen LogP contribution in [0.4, 0.5) is 5.69 Å². The van der Waals surface area contributed by atoms with Gasteiger partial charge in [-0.25, -0.2) is 0 Å². The minimum Gasteiger partial charge on any atom is -0.366 e. The molecule has 7 heteroatoms. The number of aryl methyl sites for hydroxylation is 1. The Labute approximate surface area is 173 Å². The Morgan fingerprint density at radius 2 is 2.00 bits per heavy atom. The number of hydrogen-bond donors (Lipinski definition) is 3. The van der Waals surface area contributed by atoms with Gasteiger partial charge in [0.25, 0.3) is 5.91 Å². The number of aromatic amines is 1. The van der Waals surface area contributed by atoms with Crippen LogP contribution in [0.25, 0.3) is 33.4 Å². The van der Waals surface area contributed by atoms with Crippen LogP contribution in [0.1, 0.15) is 15.9 Å². The zero-order valence-corrected chi connectivity index (χ0v) is 16.7. The summed E-state index contributed by atoms with van der Waals surface area (Å²) in [7, 11) is 1.85. The average molecular weight is 399 g/mol. The van der Waals surface area contributed by atoms with Crippen LogP contribution < -0.4 is 11.1 Å². The second-order valence-electron chi connectivity index (χ2n) is 7.01. The third-order valence-electron chi connectivity index (χ3n) is 5.22. The van der Waals surface area contributed by atoms with Crippen LogP contribution in [-0.2, 0) is 11.8 Å². The molecular weight excluding hydrogens is 378 g/mol. The topological polar surface area (TPSA) is 106 Å². The molecule has 0 bridgehead atoms. The van der Waals surface area contributed by atoms with Gasteiger partial charge in [-0.05, 0) is 54.0 Å². The van der Waals surface area contributed by atoms with E-state index in [1.165, 1.54) is 6.08 Å². The Bertz CT molecular complexity index is 1310. The molecule has 2 aromatic heterocycles. The number of carbonyl (C=O) groups excluding carboxylic acids is 2. The Morgan fingerprint density at radius 1 is 1.20 bits per heavy atom. The molecule has 0 atom stereocenters. The van der Waals surface area contributed by atoms with Crippen molar-refractivity contribution in [3.63, 3.8) is 0 Å². The number of rotatable bonds is 5. The number of H-pyrrole nitrogens is 1. The lowest BCUT2D eigenvalue weighted by molar-refractivity contribution is -0.111. The predicted octanol–water partition coefficient (Wildman–Crippen LogP) is 3.77. The first-order valence-corrected chi connectivity index (χ1v) is 9.38. The monoisotopic (exact) mass is 399 g/mol. The third-order valence-corrected chi connectivity index (χ3v) is 5.22. The van der Waals surface area contributed by atoms with Gasteiger partial charge in [-0.2, -0.15) is 5.10 Å². The normalized spacial score (nSPS) is 10.9. The smallest absolute Gasteiger partial charge is 0.250 e. The van der Waals surface area contributed by atoms with Crippen LogP contribution in [-0.4, -0.2) is 26.6 Å². The molecule has 7 nitrogen and oxygen atoms in total. The number of nitrogens with one attached hydrogen (secondary N) is 2. The van der Waals surface area contributed by atoms with Gasteiger partial charge in [0, 0.05) is 24.3 Å². The van der Waals surface area contributed by atoms with Crippen LogP contribution in [0.2, 0.25) is 0 Å². The molecular formula is C23H21N5O2. The number of hydrogen-bond acceptors (Lipinski definition) is 3. The fraction of sp³-hybridized carbons (Fsp3) is 0.0870. The van der Waals surface area contributed by atoms with Crippen molar-refractivity contribution in [1.82, 2.24) is 14.8 Å². The summed E-state index contributed by atoms with van der Waals surface area (Å²) in [5, 5.41) is 7.91. The van der Waals surface area contributed by atoms with Gasteiger partial charge < -0.3 is 16.0 Å². The number of nitrogens with zero attached hydrogens (tertiary/aromatic N) is 2.